The maximum absolute atomic E-state index is 15.5. The van der Waals surface area contributed by atoms with Crippen LogP contribution in [0, 0.1) is 28.5 Å². The first kappa shape index (κ1) is 31.9. The number of halogens is 1. The van der Waals surface area contributed by atoms with E-state index >= 15 is 4.39 Å². The van der Waals surface area contributed by atoms with Crippen LogP contribution in [0.2, 0.25) is 0 Å². The van der Waals surface area contributed by atoms with Gasteiger partial charge in [-0.3, -0.25) is 14.9 Å². The van der Waals surface area contributed by atoms with Gasteiger partial charge >= 0.3 is 11.9 Å². The van der Waals surface area contributed by atoms with Gasteiger partial charge in [-0.2, -0.15) is 10.5 Å². The lowest BCUT2D eigenvalue weighted by atomic mass is 10.0. The van der Waals surface area contributed by atoms with Gasteiger partial charge in [-0.25, -0.2) is 32.4 Å². The van der Waals surface area contributed by atoms with Gasteiger partial charge in [0.25, 0.3) is 10.0 Å². The number of nitrogens with one attached hydrogen (secondary N) is 2. The summed E-state index contributed by atoms with van der Waals surface area (Å²) in [6.07, 6.45) is 1.14. The molecule has 0 saturated heterocycles. The summed E-state index contributed by atoms with van der Waals surface area (Å²) in [7, 11) is -4.29. The van der Waals surface area contributed by atoms with Gasteiger partial charge in [0.2, 0.25) is 5.43 Å². The molecule has 0 spiro atoms. The number of amidine groups is 1. The summed E-state index contributed by atoms with van der Waals surface area (Å²) < 4.78 is 46.0. The molecule has 14 nitrogen and oxygen atoms in total. The number of aromatic carboxylic acids is 2. The number of benzene rings is 3. The van der Waals surface area contributed by atoms with Crippen molar-refractivity contribution in [1.82, 2.24) is 9.58 Å². The van der Waals surface area contributed by atoms with Crippen molar-refractivity contribution in [2.75, 3.05) is 10.1 Å². The minimum Gasteiger partial charge on any atom is -0.478 e. The van der Waals surface area contributed by atoms with Gasteiger partial charge in [0, 0.05) is 29.4 Å². The molecule has 2 heterocycles. The van der Waals surface area contributed by atoms with E-state index in [4.69, 9.17) is 5.11 Å². The highest BCUT2D eigenvalue weighted by atomic mass is 32.2. The minimum absolute atomic E-state index is 0.0306. The molecule has 1 aliphatic rings. The summed E-state index contributed by atoms with van der Waals surface area (Å²) in [5, 5.41) is 39.2. The van der Waals surface area contributed by atoms with Gasteiger partial charge in [0.15, 0.2) is 5.57 Å². The Kier molecular flexibility index (Phi) is 8.22. The highest BCUT2D eigenvalue weighted by molar-refractivity contribution is 7.92. The number of aromatic nitrogens is 1. The highest BCUT2D eigenvalue weighted by Crippen LogP contribution is 2.38. The average molecular weight is 656 g/mol. The van der Waals surface area contributed by atoms with Gasteiger partial charge in [0.05, 0.1) is 27.4 Å². The molecule has 0 amide bonds. The Hall–Kier alpha value is -6.52. The third kappa shape index (κ3) is 5.84. The monoisotopic (exact) mass is 655 g/mol. The van der Waals surface area contributed by atoms with Gasteiger partial charge in [0.1, 0.15) is 35.1 Å². The normalized spacial score (nSPS) is 12.4. The number of nitrogens with zero attached hydrogens (tertiary/aromatic N) is 5. The van der Waals surface area contributed by atoms with E-state index in [-0.39, 0.29) is 62.1 Å². The summed E-state index contributed by atoms with van der Waals surface area (Å²) >= 11 is 0. The van der Waals surface area contributed by atoms with Gasteiger partial charge in [-0.15, -0.1) is 0 Å². The summed E-state index contributed by atoms with van der Waals surface area (Å²) in [4.78, 5) is 39.7. The van der Waals surface area contributed by atoms with Crippen LogP contribution in [-0.2, 0) is 16.6 Å². The van der Waals surface area contributed by atoms with Crippen LogP contribution in [0.1, 0.15) is 40.1 Å². The number of allylic oxidation sites excluding steroid dienone is 1. The maximum Gasteiger partial charge on any atom is 0.341 e. The number of carboxylic acids is 2. The first-order valence-corrected chi connectivity index (χ1v) is 15.0. The second-order valence-corrected chi connectivity index (χ2v) is 11.7. The molecule has 0 fully saturated rings. The van der Waals surface area contributed by atoms with Gasteiger partial charge in [-0.05, 0) is 68.4 Å². The van der Waals surface area contributed by atoms with Crippen LogP contribution < -0.4 is 15.6 Å². The first-order valence-electron chi connectivity index (χ1n) is 13.6. The molecule has 0 bridgehead atoms. The molecule has 0 atom stereocenters. The fourth-order valence-electron chi connectivity index (χ4n) is 4.92. The van der Waals surface area contributed by atoms with Crippen LogP contribution in [0.25, 0.3) is 16.6 Å². The first-order chi connectivity index (χ1) is 22.3. The zero-order valence-electron chi connectivity index (χ0n) is 24.4. The molecule has 0 aliphatic carbocycles. The second kappa shape index (κ2) is 12.1. The van der Waals surface area contributed by atoms with E-state index in [1.54, 1.807) is 19.1 Å². The van der Waals surface area contributed by atoms with Crippen molar-refractivity contribution >= 4 is 61.5 Å². The standard InChI is InChI=1S/C31H22FN7O7S/c1-3-38-15-23(31(43)44)29(40)22-11-24(32)26(12-27(22)38)36-39-16(2)35-25-9-8-20(10-21(25)28(39)18(13-33)14-34)47(45,46)37-19-6-4-17(5-7-19)30(41)42/h4-12,15,36-37H,3H2,1-2H3,(H,41,42)(H,43,44). The Morgan fingerprint density at radius 2 is 1.70 bits per heavy atom. The second-order valence-electron chi connectivity index (χ2n) is 10.0. The van der Waals surface area contributed by atoms with E-state index in [0.29, 0.717) is 0 Å². The summed E-state index contributed by atoms with van der Waals surface area (Å²) in [6.45, 7) is 3.42. The number of aliphatic imine (C=N–C) groups is 1. The number of sulfonamides is 1. The van der Waals surface area contributed by atoms with Crippen LogP contribution in [0.15, 0.2) is 81.0 Å². The predicted octanol–water partition coefficient (Wildman–Crippen LogP) is 4.51. The number of hydrogen-bond donors (Lipinski definition) is 4. The van der Waals surface area contributed by atoms with E-state index in [0.717, 1.165) is 17.3 Å². The summed E-state index contributed by atoms with van der Waals surface area (Å²) in [5.41, 5.74) is 0.944. The number of hydrazine groups is 1. The highest BCUT2D eigenvalue weighted by Gasteiger charge is 2.30. The number of anilines is 2. The van der Waals surface area contributed by atoms with Crippen LogP contribution in [0.3, 0.4) is 0 Å². The molecule has 16 heteroatoms. The third-order valence-electron chi connectivity index (χ3n) is 7.18. The molecule has 47 heavy (non-hydrogen) atoms. The van der Waals surface area contributed by atoms with E-state index in [1.165, 1.54) is 60.0 Å². The zero-order chi connectivity index (χ0) is 34.2. The van der Waals surface area contributed by atoms with Crippen molar-refractivity contribution in [3.05, 3.63) is 99.1 Å². The van der Waals surface area contributed by atoms with Gasteiger partial charge in [-0.1, -0.05) is 0 Å². The van der Waals surface area contributed by atoms with Crippen molar-refractivity contribution in [3.8, 4) is 12.1 Å². The quantitative estimate of drug-likeness (QED) is 0.194. The molecular formula is C31H22FN7O7S. The van der Waals surface area contributed by atoms with E-state index in [2.05, 4.69) is 15.1 Å². The molecule has 4 aromatic rings. The summed E-state index contributed by atoms with van der Waals surface area (Å²) in [5.74, 6) is -3.49. The molecule has 3 aromatic carbocycles. The number of fused-ring (bicyclic) bond motifs is 2. The van der Waals surface area contributed by atoms with E-state index < -0.39 is 44.3 Å². The van der Waals surface area contributed by atoms with Crippen molar-refractivity contribution in [2.45, 2.75) is 25.3 Å². The molecule has 0 unspecified atom stereocenters. The van der Waals surface area contributed by atoms with Crippen molar-refractivity contribution < 1.29 is 32.6 Å². The van der Waals surface area contributed by atoms with Crippen LogP contribution >= 0.6 is 0 Å². The minimum atomic E-state index is -4.29. The van der Waals surface area contributed by atoms with Crippen LogP contribution in [0.5, 0.6) is 0 Å². The fraction of sp³-hybridized carbons (Fsp3) is 0.0968. The van der Waals surface area contributed by atoms with Crippen molar-refractivity contribution in [3.63, 3.8) is 0 Å². The van der Waals surface area contributed by atoms with Crippen molar-refractivity contribution in [2.24, 2.45) is 4.99 Å². The number of hydrogen-bond acceptors (Lipinski definition) is 10. The number of carboxylic acid groups (broad SMARTS) is 2. The number of pyridine rings is 1. The molecule has 4 N–H and O–H groups in total. The molecule has 0 radical (unpaired) electrons. The molecule has 5 rings (SSSR count). The number of carbonyl (C=O) groups is 2. The molecule has 236 valence electrons. The topological polar surface area (TPSA) is 218 Å². The Bertz CT molecular complexity index is 2320. The van der Waals surface area contributed by atoms with E-state index in [9.17, 15) is 38.4 Å². The van der Waals surface area contributed by atoms with Crippen LogP contribution in [0.4, 0.5) is 21.5 Å². The fourth-order valence-corrected chi connectivity index (χ4v) is 6.00. The summed E-state index contributed by atoms with van der Waals surface area (Å²) in [6, 6.07) is 14.5. The lowest BCUT2D eigenvalue weighted by Gasteiger charge is -2.32. The lowest BCUT2D eigenvalue weighted by molar-refractivity contribution is 0.0685. The molecule has 1 aliphatic heterocycles. The Morgan fingerprint density at radius 1 is 1.02 bits per heavy atom. The molecular weight excluding hydrogens is 633 g/mol. The maximum atomic E-state index is 15.5. The van der Waals surface area contributed by atoms with Crippen LogP contribution in [-0.4, -0.2) is 46.0 Å². The number of rotatable bonds is 8. The third-order valence-corrected chi connectivity index (χ3v) is 8.56. The number of aryl methyl sites for hydroxylation is 1. The Morgan fingerprint density at radius 3 is 2.30 bits per heavy atom. The predicted molar refractivity (Wildman–Crippen MR) is 168 cm³/mol. The molecule has 1 aromatic heterocycles. The smallest absolute Gasteiger partial charge is 0.341 e. The number of nitriles is 2. The largest absolute Gasteiger partial charge is 0.478 e. The molecule has 0 saturated carbocycles. The Balaban J connectivity index is 1.61. The van der Waals surface area contributed by atoms with E-state index in [1.807, 2.05) is 0 Å². The lowest BCUT2D eigenvalue weighted by Crippen LogP contribution is -2.36. The average Bonchev–Trinajstić information content (AvgIpc) is 3.03. The van der Waals surface area contributed by atoms with Gasteiger partial charge < -0.3 is 14.8 Å². The Labute approximate surface area is 265 Å². The SMILES string of the molecule is CCn1cc(C(=O)O)c(=O)c2cc(F)c(NN3C(C)=Nc4ccc(S(=O)(=O)Nc5ccc(C(=O)O)cc5)cc4C3=C(C#N)C#N)cc21. The van der Waals surface area contributed by atoms with Crippen molar-refractivity contribution in [1.29, 1.82) is 10.5 Å². The zero-order valence-corrected chi connectivity index (χ0v) is 25.3.